The Morgan fingerprint density at radius 2 is 1.67 bits per heavy atom. The molecule has 4 aromatic heterocycles. The van der Waals surface area contributed by atoms with Crippen LogP contribution in [0.4, 0.5) is 41.9 Å². The molecule has 2 N–H and O–H groups in total. The molecular weight excluding hydrogens is 944 g/mol. The van der Waals surface area contributed by atoms with Crippen LogP contribution in [-0.2, 0) is 35.2 Å². The van der Waals surface area contributed by atoms with Crippen molar-refractivity contribution in [2.24, 2.45) is 5.41 Å². The van der Waals surface area contributed by atoms with E-state index in [4.69, 9.17) is 4.74 Å². The number of imide groups is 2. The Hall–Kier alpha value is -7.35. The van der Waals surface area contributed by atoms with Crippen molar-refractivity contribution in [2.75, 3.05) is 59.3 Å². The lowest BCUT2D eigenvalue weighted by Gasteiger charge is -2.50. The number of halogens is 3. The second kappa shape index (κ2) is 17.1. The van der Waals surface area contributed by atoms with E-state index in [0.29, 0.717) is 66.7 Å². The molecule has 3 fully saturated rings. The quantitative estimate of drug-likeness (QED) is 0.168. The Morgan fingerprint density at radius 1 is 0.836 bits per heavy atom. The number of ether oxygens (including phenoxy) is 1. The van der Waals surface area contributed by atoms with Crippen LogP contribution in [0.1, 0.15) is 100 Å². The fourth-order valence-corrected chi connectivity index (χ4v) is 12.5. The molecule has 1 aromatic carbocycles. The SMILES string of the molecule is Cc1c(-c2cnc(C(F)(F)F)c(Nc3ccc(N4CCN(C5CCN6c7ccc8c(c7OCC6C5)C(=O)N(C5CCC(=O)NC5=O)C8=O)C[C@@H]4C)cn3)c2)ccnc1N1CCn2c(cc3c2CC(C)(C)C3)C1=O. The number of fused-ring (bicyclic) bond motifs is 8. The van der Waals surface area contributed by atoms with Crippen molar-refractivity contribution < 1.29 is 41.9 Å². The van der Waals surface area contributed by atoms with Crippen LogP contribution in [0.5, 0.6) is 5.75 Å². The number of alkyl halides is 3. The molecule has 0 saturated carbocycles. The molecule has 7 aliphatic rings. The Balaban J connectivity index is 0.701. The number of piperazine rings is 1. The van der Waals surface area contributed by atoms with Gasteiger partial charge in [-0.05, 0) is 111 Å². The second-order valence-corrected chi connectivity index (χ2v) is 21.2. The zero-order valence-corrected chi connectivity index (χ0v) is 40.9. The van der Waals surface area contributed by atoms with Gasteiger partial charge in [0.05, 0.1) is 40.4 Å². The van der Waals surface area contributed by atoms with Gasteiger partial charge in [0.2, 0.25) is 11.8 Å². The van der Waals surface area contributed by atoms with Gasteiger partial charge in [-0.2, -0.15) is 13.2 Å². The van der Waals surface area contributed by atoms with Gasteiger partial charge in [-0.25, -0.2) is 15.0 Å². The molecule has 3 saturated heterocycles. The van der Waals surface area contributed by atoms with Crippen LogP contribution in [0.2, 0.25) is 0 Å². The first-order valence-corrected chi connectivity index (χ1v) is 25.0. The minimum Gasteiger partial charge on any atom is -0.488 e. The first kappa shape index (κ1) is 46.7. The number of amides is 5. The van der Waals surface area contributed by atoms with Crippen molar-refractivity contribution in [2.45, 2.75) is 103 Å². The summed E-state index contributed by atoms with van der Waals surface area (Å²) in [5, 5.41) is 5.15. The minimum atomic E-state index is -4.75. The lowest BCUT2D eigenvalue weighted by atomic mass is 9.90. The number of benzene rings is 1. The number of carbonyl (C=O) groups is 5. The number of rotatable bonds is 7. The maximum absolute atomic E-state index is 14.5. The number of aromatic nitrogens is 4. The average molecular weight is 998 g/mol. The minimum absolute atomic E-state index is 0.0357. The summed E-state index contributed by atoms with van der Waals surface area (Å²) in [5.74, 6) is -1.37. The van der Waals surface area contributed by atoms with E-state index in [9.17, 15) is 37.1 Å². The van der Waals surface area contributed by atoms with Gasteiger partial charge >= 0.3 is 6.18 Å². The van der Waals surface area contributed by atoms with Crippen molar-refractivity contribution in [3.05, 3.63) is 100 Å². The topological polar surface area (TPSA) is 178 Å². The molecular formula is C53H54F3N11O6. The number of carbonyl (C=O) groups excluding carboxylic acids is 5. The van der Waals surface area contributed by atoms with E-state index in [1.807, 2.05) is 25.1 Å². The van der Waals surface area contributed by atoms with E-state index in [1.165, 1.54) is 23.5 Å². The van der Waals surface area contributed by atoms with Crippen molar-refractivity contribution in [1.29, 1.82) is 0 Å². The highest BCUT2D eigenvalue weighted by Gasteiger charge is 2.49. The Kier molecular flexibility index (Phi) is 11.0. The summed E-state index contributed by atoms with van der Waals surface area (Å²) in [4.78, 5) is 88.3. The fourth-order valence-electron chi connectivity index (χ4n) is 12.5. The van der Waals surface area contributed by atoms with Gasteiger partial charge in [0.15, 0.2) is 11.4 Å². The summed E-state index contributed by atoms with van der Waals surface area (Å²) in [6.45, 7) is 12.8. The average Bonchev–Trinajstić information content (AvgIpc) is 3.95. The lowest BCUT2D eigenvalue weighted by Crippen LogP contribution is -2.59. The fraction of sp³-hybridized carbons (Fsp3) is 0.434. The van der Waals surface area contributed by atoms with E-state index >= 15 is 0 Å². The molecule has 6 aliphatic heterocycles. The number of pyridine rings is 3. The van der Waals surface area contributed by atoms with Gasteiger partial charge in [0.1, 0.15) is 30.0 Å². The zero-order valence-electron chi connectivity index (χ0n) is 40.9. The Bertz CT molecular complexity index is 3170. The van der Waals surface area contributed by atoms with Crippen LogP contribution >= 0.6 is 0 Å². The van der Waals surface area contributed by atoms with Gasteiger partial charge in [0.25, 0.3) is 17.7 Å². The lowest BCUT2D eigenvalue weighted by molar-refractivity contribution is -0.140. The van der Waals surface area contributed by atoms with Crippen LogP contribution in [0.3, 0.4) is 0 Å². The van der Waals surface area contributed by atoms with Crippen molar-refractivity contribution in [3.63, 3.8) is 0 Å². The van der Waals surface area contributed by atoms with Gasteiger partial charge in [0, 0.05) is 81.4 Å². The maximum atomic E-state index is 14.5. The first-order chi connectivity index (χ1) is 34.9. The number of hydrogen-bond donors (Lipinski definition) is 2. The van der Waals surface area contributed by atoms with E-state index in [2.05, 4.69) is 65.6 Å². The van der Waals surface area contributed by atoms with Crippen molar-refractivity contribution >= 4 is 58.2 Å². The number of nitrogens with zero attached hydrogens (tertiary/aromatic N) is 9. The molecule has 10 heterocycles. The third kappa shape index (κ3) is 7.86. The molecule has 5 amide bonds. The standard InChI is InChI=1S/C53H54F3N11O6/c1-28-26-62(32-12-14-64-34(21-32)27-73-45-38(64)7-6-36-44(45)51(72)67(49(36)70)39-8-10-43(68)61-48(39)69)15-16-63(28)33-5-9-42(58-25-33)60-37-19-31(24-59-46(37)53(54,55)56)35-11-13-57-47(29(35)2)66-18-17-65-40(50(66)71)20-30-22-52(3,4)23-41(30)65/h5-7,9,11,13,19-20,24-25,28,32,34,39H,8,10,12,14-18,21-23,26-27H2,1-4H3,(H,58,60)(H,61,68,69)/t28-,32?,34?,39?/m0/s1. The summed E-state index contributed by atoms with van der Waals surface area (Å²) in [5.41, 5.74) is 5.50. The number of piperidine rings is 2. The summed E-state index contributed by atoms with van der Waals surface area (Å²) in [6, 6.07) is 11.5. The summed E-state index contributed by atoms with van der Waals surface area (Å²) < 4.78 is 52.0. The highest BCUT2D eigenvalue weighted by Crippen LogP contribution is 2.46. The molecule has 0 bridgehead atoms. The molecule has 20 heteroatoms. The Labute approximate surface area is 418 Å². The van der Waals surface area contributed by atoms with Crippen LogP contribution in [0, 0.1) is 12.3 Å². The predicted molar refractivity (Wildman–Crippen MR) is 263 cm³/mol. The van der Waals surface area contributed by atoms with E-state index in [0.717, 1.165) is 55.0 Å². The third-order valence-corrected chi connectivity index (χ3v) is 16.0. The molecule has 0 radical (unpaired) electrons. The van der Waals surface area contributed by atoms with Gasteiger partial charge in [-0.3, -0.25) is 44.0 Å². The highest BCUT2D eigenvalue weighted by molar-refractivity contribution is 6.25. The normalized spacial score (nSPS) is 23.7. The second-order valence-electron chi connectivity index (χ2n) is 21.2. The van der Waals surface area contributed by atoms with Crippen LogP contribution in [0.15, 0.2) is 61.1 Å². The largest absolute Gasteiger partial charge is 0.488 e. The zero-order chi connectivity index (χ0) is 50.8. The highest BCUT2D eigenvalue weighted by atomic mass is 19.4. The molecule has 378 valence electrons. The molecule has 73 heavy (non-hydrogen) atoms. The van der Waals surface area contributed by atoms with Crippen molar-refractivity contribution in [1.82, 2.24) is 34.6 Å². The first-order valence-electron chi connectivity index (χ1n) is 25.0. The van der Waals surface area contributed by atoms with E-state index in [-0.39, 0.29) is 64.9 Å². The van der Waals surface area contributed by atoms with Crippen molar-refractivity contribution in [3.8, 4) is 16.9 Å². The smallest absolute Gasteiger partial charge is 0.435 e. The van der Waals surface area contributed by atoms with Gasteiger partial charge < -0.3 is 24.4 Å². The van der Waals surface area contributed by atoms with Crippen LogP contribution < -0.4 is 30.1 Å². The molecule has 3 unspecified atom stereocenters. The van der Waals surface area contributed by atoms with Gasteiger partial charge in [-0.1, -0.05) is 13.8 Å². The molecule has 17 nitrogen and oxygen atoms in total. The number of hydrogen-bond acceptors (Lipinski definition) is 13. The molecule has 12 rings (SSSR count). The predicted octanol–water partition coefficient (Wildman–Crippen LogP) is 6.54. The van der Waals surface area contributed by atoms with Gasteiger partial charge in [-0.15, -0.1) is 0 Å². The van der Waals surface area contributed by atoms with E-state index in [1.54, 1.807) is 35.5 Å². The molecule has 5 aromatic rings. The summed E-state index contributed by atoms with van der Waals surface area (Å²) in [7, 11) is 0. The summed E-state index contributed by atoms with van der Waals surface area (Å²) in [6.07, 6.45) is 3.32. The summed E-state index contributed by atoms with van der Waals surface area (Å²) >= 11 is 0. The van der Waals surface area contributed by atoms with E-state index < -0.39 is 41.5 Å². The maximum Gasteiger partial charge on any atom is 0.435 e. The molecule has 0 spiro atoms. The van der Waals surface area contributed by atoms with Crippen LogP contribution in [0.25, 0.3) is 11.1 Å². The monoisotopic (exact) mass is 997 g/mol. The number of nitrogens with one attached hydrogen (secondary N) is 2. The molecule has 4 atom stereocenters. The number of anilines is 5. The molecule has 1 aliphatic carbocycles. The Morgan fingerprint density at radius 3 is 2.44 bits per heavy atom. The third-order valence-electron chi connectivity index (χ3n) is 16.0. The van der Waals surface area contributed by atoms with Crippen LogP contribution in [-0.4, -0.2) is 122 Å².